The summed E-state index contributed by atoms with van der Waals surface area (Å²) in [7, 11) is 2.16. The van der Waals surface area contributed by atoms with E-state index >= 15 is 0 Å². The predicted molar refractivity (Wildman–Crippen MR) is 102 cm³/mol. The fraction of sp³-hybridized carbons (Fsp3) is 0.700. The van der Waals surface area contributed by atoms with Crippen molar-refractivity contribution in [3.05, 3.63) is 29.8 Å². The Morgan fingerprint density at radius 1 is 1.04 bits per heavy atom. The van der Waals surface area contributed by atoms with Crippen molar-refractivity contribution >= 4 is 0 Å². The summed E-state index contributed by atoms with van der Waals surface area (Å²) in [6.07, 6.45) is 1.50. The third-order valence-electron chi connectivity index (χ3n) is 5.43. The van der Waals surface area contributed by atoms with Crippen LogP contribution in [-0.2, 0) is 6.54 Å². The lowest BCUT2D eigenvalue weighted by Gasteiger charge is -2.36. The van der Waals surface area contributed by atoms with Gasteiger partial charge in [-0.05, 0) is 31.2 Å². The monoisotopic (exact) mass is 363 g/mol. The van der Waals surface area contributed by atoms with Crippen molar-refractivity contribution in [2.75, 3.05) is 66.1 Å². The fourth-order valence-corrected chi connectivity index (χ4v) is 3.83. The molecule has 1 aromatic rings. The molecular weight excluding hydrogens is 330 g/mol. The molecule has 146 valence electrons. The average molecular weight is 364 g/mol. The molecule has 2 fully saturated rings. The molecule has 2 saturated heterocycles. The Morgan fingerprint density at radius 2 is 1.77 bits per heavy atom. The highest BCUT2D eigenvalue weighted by Gasteiger charge is 2.37. The van der Waals surface area contributed by atoms with Gasteiger partial charge in [0.25, 0.3) is 0 Å². The first kappa shape index (κ1) is 19.6. The van der Waals surface area contributed by atoms with Crippen LogP contribution in [0.25, 0.3) is 0 Å². The summed E-state index contributed by atoms with van der Waals surface area (Å²) in [5, 5.41) is 19.8. The number of hydrogen-bond donors (Lipinski definition) is 2. The van der Waals surface area contributed by atoms with E-state index in [4.69, 9.17) is 9.84 Å². The van der Waals surface area contributed by atoms with Crippen molar-refractivity contribution in [1.29, 1.82) is 0 Å². The van der Waals surface area contributed by atoms with E-state index < -0.39 is 5.60 Å². The molecule has 1 aromatic carbocycles. The highest BCUT2D eigenvalue weighted by Crippen LogP contribution is 2.25. The van der Waals surface area contributed by atoms with Crippen molar-refractivity contribution in [1.82, 2.24) is 14.7 Å². The lowest BCUT2D eigenvalue weighted by molar-refractivity contribution is -0.000370. The summed E-state index contributed by atoms with van der Waals surface area (Å²) in [6, 6.07) is 8.15. The molecule has 0 radical (unpaired) electrons. The number of aliphatic hydroxyl groups is 2. The molecule has 0 aromatic heterocycles. The molecule has 6 nitrogen and oxygen atoms in total. The number of nitrogens with zero attached hydrogens (tertiary/aromatic N) is 3. The number of likely N-dealkylation sites (N-methyl/N-ethyl adjacent to an activating group) is 1. The van der Waals surface area contributed by atoms with E-state index in [9.17, 15) is 5.11 Å². The smallest absolute Gasteiger partial charge is 0.119 e. The van der Waals surface area contributed by atoms with Crippen molar-refractivity contribution in [3.8, 4) is 5.75 Å². The van der Waals surface area contributed by atoms with E-state index in [1.807, 2.05) is 12.1 Å². The highest BCUT2D eigenvalue weighted by atomic mass is 16.5. The lowest BCUT2D eigenvalue weighted by atomic mass is 10.0. The van der Waals surface area contributed by atoms with Crippen molar-refractivity contribution in [2.24, 2.45) is 0 Å². The molecule has 2 heterocycles. The molecule has 6 heteroatoms. The maximum atomic E-state index is 11.0. The quantitative estimate of drug-likeness (QED) is 0.661. The third-order valence-corrected chi connectivity index (χ3v) is 5.43. The minimum Gasteiger partial charge on any atom is -0.494 e. The molecule has 0 saturated carbocycles. The minimum absolute atomic E-state index is 0.157. The molecule has 1 atom stereocenters. The van der Waals surface area contributed by atoms with E-state index in [2.05, 4.69) is 33.9 Å². The fourth-order valence-electron chi connectivity index (χ4n) is 3.83. The van der Waals surface area contributed by atoms with Gasteiger partial charge in [0.1, 0.15) is 5.75 Å². The predicted octanol–water partition coefficient (Wildman–Crippen LogP) is 0.632. The summed E-state index contributed by atoms with van der Waals surface area (Å²) in [4.78, 5) is 7.10. The van der Waals surface area contributed by atoms with Gasteiger partial charge in [0.05, 0.1) is 12.2 Å². The molecule has 0 unspecified atom stereocenters. The van der Waals surface area contributed by atoms with Gasteiger partial charge in [-0.3, -0.25) is 9.80 Å². The zero-order valence-corrected chi connectivity index (χ0v) is 15.9. The van der Waals surface area contributed by atoms with Gasteiger partial charge in [-0.2, -0.15) is 0 Å². The number of benzene rings is 1. The Labute approximate surface area is 157 Å². The average Bonchev–Trinajstić information content (AvgIpc) is 2.99. The van der Waals surface area contributed by atoms with Crippen LogP contribution in [-0.4, -0.2) is 96.6 Å². The molecule has 0 bridgehead atoms. The number of likely N-dealkylation sites (tertiary alicyclic amines) is 1. The molecule has 3 rings (SSSR count). The van der Waals surface area contributed by atoms with E-state index in [-0.39, 0.29) is 6.61 Å². The summed E-state index contributed by atoms with van der Waals surface area (Å²) in [6.45, 7) is 8.32. The number of ether oxygens (including phenoxy) is 1. The van der Waals surface area contributed by atoms with Crippen LogP contribution in [0.1, 0.15) is 18.4 Å². The summed E-state index contributed by atoms with van der Waals surface area (Å²) < 4.78 is 5.57. The second kappa shape index (κ2) is 9.15. The SMILES string of the molecule is CN1CCN(C[C@]2(O)CCN(Cc3ccc(OCCCO)cc3)C2)CC1. The van der Waals surface area contributed by atoms with Gasteiger partial charge in [0.15, 0.2) is 0 Å². The first-order chi connectivity index (χ1) is 12.6. The van der Waals surface area contributed by atoms with Crippen LogP contribution in [0.3, 0.4) is 0 Å². The lowest BCUT2D eigenvalue weighted by Crippen LogP contribution is -2.51. The van der Waals surface area contributed by atoms with Crippen molar-refractivity contribution < 1.29 is 14.9 Å². The van der Waals surface area contributed by atoms with Crippen LogP contribution in [0.15, 0.2) is 24.3 Å². The van der Waals surface area contributed by atoms with Crippen LogP contribution in [0.5, 0.6) is 5.75 Å². The first-order valence-corrected chi connectivity index (χ1v) is 9.75. The molecule has 26 heavy (non-hydrogen) atoms. The molecule has 2 N–H and O–H groups in total. The standard InChI is InChI=1S/C20H33N3O3/c1-21-9-11-22(12-10-21)16-20(25)7-8-23(17-20)15-18-3-5-19(6-4-18)26-14-2-13-24/h3-6,24-25H,2,7-17H2,1H3/t20-/m1/s1. The summed E-state index contributed by atoms with van der Waals surface area (Å²) in [5.74, 6) is 0.843. The number of β-amino-alcohol motifs (C(OH)–C–C–N with tert-alkyl or cyclic N) is 1. The molecular formula is C20H33N3O3. The van der Waals surface area contributed by atoms with Crippen LogP contribution < -0.4 is 4.74 Å². The normalized spacial score (nSPS) is 25.7. The second-order valence-electron chi connectivity index (χ2n) is 7.83. The van der Waals surface area contributed by atoms with Crippen LogP contribution in [0, 0.1) is 0 Å². The van der Waals surface area contributed by atoms with E-state index in [1.54, 1.807) is 0 Å². The largest absolute Gasteiger partial charge is 0.494 e. The van der Waals surface area contributed by atoms with Gasteiger partial charge in [-0.25, -0.2) is 0 Å². The van der Waals surface area contributed by atoms with Gasteiger partial charge < -0.3 is 19.8 Å². The topological polar surface area (TPSA) is 59.4 Å². The van der Waals surface area contributed by atoms with Gasteiger partial charge >= 0.3 is 0 Å². The maximum absolute atomic E-state index is 11.0. The summed E-state index contributed by atoms with van der Waals surface area (Å²) in [5.41, 5.74) is 0.659. The van der Waals surface area contributed by atoms with Gasteiger partial charge in [0, 0.05) is 65.4 Å². The number of hydrogen-bond acceptors (Lipinski definition) is 6. The van der Waals surface area contributed by atoms with Gasteiger partial charge in [-0.15, -0.1) is 0 Å². The Bertz CT molecular complexity index is 546. The van der Waals surface area contributed by atoms with Crippen molar-refractivity contribution in [2.45, 2.75) is 25.0 Å². The Hall–Kier alpha value is -1.18. The Kier molecular flexibility index (Phi) is 6.89. The number of rotatable bonds is 8. The van der Waals surface area contributed by atoms with Gasteiger partial charge in [-0.1, -0.05) is 12.1 Å². The van der Waals surface area contributed by atoms with E-state index in [0.29, 0.717) is 13.0 Å². The molecule has 2 aliphatic heterocycles. The van der Waals surface area contributed by atoms with Crippen LogP contribution >= 0.6 is 0 Å². The maximum Gasteiger partial charge on any atom is 0.119 e. The molecule has 0 amide bonds. The third kappa shape index (κ3) is 5.66. The number of aliphatic hydroxyl groups excluding tert-OH is 1. The zero-order valence-electron chi connectivity index (χ0n) is 15.9. The molecule has 2 aliphatic rings. The second-order valence-corrected chi connectivity index (χ2v) is 7.83. The minimum atomic E-state index is -0.580. The van der Waals surface area contributed by atoms with E-state index in [1.165, 1.54) is 5.56 Å². The van der Waals surface area contributed by atoms with Crippen LogP contribution in [0.2, 0.25) is 0 Å². The van der Waals surface area contributed by atoms with Crippen LogP contribution in [0.4, 0.5) is 0 Å². The first-order valence-electron chi connectivity index (χ1n) is 9.75. The number of piperazine rings is 1. The molecule has 0 aliphatic carbocycles. The Balaban J connectivity index is 1.44. The van der Waals surface area contributed by atoms with Crippen molar-refractivity contribution in [3.63, 3.8) is 0 Å². The molecule has 0 spiro atoms. The van der Waals surface area contributed by atoms with Gasteiger partial charge in [0.2, 0.25) is 0 Å². The highest BCUT2D eigenvalue weighted by molar-refractivity contribution is 5.27. The summed E-state index contributed by atoms with van der Waals surface area (Å²) >= 11 is 0. The zero-order chi connectivity index (χ0) is 18.4. The van der Waals surface area contributed by atoms with E-state index in [0.717, 1.165) is 64.5 Å². The Morgan fingerprint density at radius 3 is 2.46 bits per heavy atom.